The van der Waals surface area contributed by atoms with E-state index < -0.39 is 0 Å². The summed E-state index contributed by atoms with van der Waals surface area (Å²) in [4.78, 5) is 15.9. The van der Waals surface area contributed by atoms with Crippen LogP contribution >= 0.6 is 0 Å². The van der Waals surface area contributed by atoms with Crippen LogP contribution in [0.15, 0.2) is 24.5 Å². The van der Waals surface area contributed by atoms with Crippen molar-refractivity contribution >= 4 is 5.78 Å². The van der Waals surface area contributed by atoms with Crippen molar-refractivity contribution in [2.24, 2.45) is 17.8 Å². The van der Waals surface area contributed by atoms with E-state index >= 15 is 0 Å². The molecule has 0 bridgehead atoms. The zero-order valence-corrected chi connectivity index (χ0v) is 8.73. The molecule has 15 heavy (non-hydrogen) atoms. The van der Waals surface area contributed by atoms with Gasteiger partial charge in [-0.05, 0) is 48.8 Å². The van der Waals surface area contributed by atoms with E-state index in [1.165, 1.54) is 6.42 Å². The van der Waals surface area contributed by atoms with Gasteiger partial charge in [-0.15, -0.1) is 0 Å². The lowest BCUT2D eigenvalue weighted by Crippen LogP contribution is -2.15. The Hall–Kier alpha value is -1.18. The van der Waals surface area contributed by atoms with Gasteiger partial charge in [-0.3, -0.25) is 9.78 Å². The molecule has 0 aromatic carbocycles. The van der Waals surface area contributed by atoms with Crippen LogP contribution in [-0.4, -0.2) is 10.8 Å². The maximum atomic E-state index is 12.0. The van der Waals surface area contributed by atoms with Gasteiger partial charge < -0.3 is 0 Å². The second kappa shape index (κ2) is 3.44. The largest absolute Gasteiger partial charge is 0.299 e. The molecule has 2 fully saturated rings. The molecule has 0 N–H and O–H groups in total. The number of fused-ring (bicyclic) bond motifs is 1. The summed E-state index contributed by atoms with van der Waals surface area (Å²) in [6, 6.07) is 3.88. The third kappa shape index (κ3) is 1.81. The predicted octanol–water partition coefficient (Wildman–Crippen LogP) is 2.24. The van der Waals surface area contributed by atoms with Crippen LogP contribution in [0.1, 0.15) is 24.8 Å². The third-order valence-corrected chi connectivity index (χ3v) is 3.83. The molecule has 2 aliphatic carbocycles. The lowest BCUT2D eigenvalue weighted by atomic mass is 9.94. The number of aromatic nitrogens is 1. The molecule has 0 aliphatic heterocycles. The Bertz CT molecular complexity index is 363. The molecule has 2 nitrogen and oxygen atoms in total. The van der Waals surface area contributed by atoms with Crippen LogP contribution < -0.4 is 0 Å². The van der Waals surface area contributed by atoms with Crippen LogP contribution in [0.5, 0.6) is 0 Å². The number of hydrogen-bond acceptors (Lipinski definition) is 2. The molecular formula is C13H15NO. The Labute approximate surface area is 89.7 Å². The summed E-state index contributed by atoms with van der Waals surface area (Å²) in [5.41, 5.74) is 1.11. The third-order valence-electron chi connectivity index (χ3n) is 3.83. The van der Waals surface area contributed by atoms with Crippen molar-refractivity contribution in [1.82, 2.24) is 4.98 Å². The van der Waals surface area contributed by atoms with Crippen molar-refractivity contribution in [3.63, 3.8) is 0 Å². The second-order valence-electron chi connectivity index (χ2n) is 4.92. The summed E-state index contributed by atoms with van der Waals surface area (Å²) in [7, 11) is 0. The zero-order valence-electron chi connectivity index (χ0n) is 8.73. The predicted molar refractivity (Wildman–Crippen MR) is 57.3 cm³/mol. The van der Waals surface area contributed by atoms with E-state index in [9.17, 15) is 4.79 Å². The number of Topliss-reactive ketones (excluding diaryl/α,β-unsaturated/α-hetero) is 1. The highest BCUT2D eigenvalue weighted by Crippen LogP contribution is 2.54. The normalized spacial score (nSPS) is 32.4. The highest BCUT2D eigenvalue weighted by atomic mass is 16.1. The van der Waals surface area contributed by atoms with Gasteiger partial charge in [0.1, 0.15) is 5.78 Å². The molecule has 1 aromatic heterocycles. The Morgan fingerprint density at radius 2 is 1.87 bits per heavy atom. The number of nitrogens with zero attached hydrogens (tertiary/aromatic N) is 1. The minimum Gasteiger partial charge on any atom is -0.299 e. The Morgan fingerprint density at radius 3 is 2.53 bits per heavy atom. The molecule has 3 rings (SSSR count). The first-order valence-electron chi connectivity index (χ1n) is 5.74. The first kappa shape index (κ1) is 9.08. The molecule has 0 amide bonds. The summed E-state index contributed by atoms with van der Waals surface area (Å²) in [6.45, 7) is 0. The van der Waals surface area contributed by atoms with Gasteiger partial charge in [0, 0.05) is 24.7 Å². The monoisotopic (exact) mass is 201 g/mol. The quantitative estimate of drug-likeness (QED) is 0.750. The van der Waals surface area contributed by atoms with E-state index in [1.807, 2.05) is 12.1 Å². The minimum absolute atomic E-state index is 0.363. The minimum atomic E-state index is 0.363. The Morgan fingerprint density at radius 1 is 1.20 bits per heavy atom. The first-order chi connectivity index (χ1) is 7.33. The van der Waals surface area contributed by atoms with Crippen LogP contribution in [-0.2, 0) is 11.2 Å². The van der Waals surface area contributed by atoms with E-state index in [4.69, 9.17) is 0 Å². The van der Waals surface area contributed by atoms with Crippen molar-refractivity contribution in [3.05, 3.63) is 30.1 Å². The average molecular weight is 201 g/mol. The molecule has 2 saturated carbocycles. The van der Waals surface area contributed by atoms with Crippen molar-refractivity contribution in [1.29, 1.82) is 0 Å². The fourth-order valence-corrected chi connectivity index (χ4v) is 2.82. The summed E-state index contributed by atoms with van der Waals surface area (Å²) >= 11 is 0. The van der Waals surface area contributed by atoms with Crippen molar-refractivity contribution in [2.75, 3.05) is 0 Å². The van der Waals surface area contributed by atoms with Gasteiger partial charge in [0.05, 0.1) is 0 Å². The molecular weight excluding hydrogens is 186 g/mol. The Balaban J connectivity index is 1.61. The van der Waals surface area contributed by atoms with Crippen molar-refractivity contribution in [3.8, 4) is 0 Å². The van der Waals surface area contributed by atoms with Gasteiger partial charge in [-0.25, -0.2) is 0 Å². The number of rotatable bonds is 3. The molecule has 1 heterocycles. The lowest BCUT2D eigenvalue weighted by Gasteiger charge is -2.09. The zero-order chi connectivity index (χ0) is 10.3. The van der Waals surface area contributed by atoms with E-state index in [0.29, 0.717) is 18.1 Å². The molecule has 78 valence electrons. The fraction of sp³-hybridized carbons (Fsp3) is 0.538. The highest BCUT2D eigenvalue weighted by Gasteiger charge is 2.47. The molecule has 1 aromatic rings. The van der Waals surface area contributed by atoms with E-state index in [1.54, 1.807) is 12.4 Å². The average Bonchev–Trinajstić information content (AvgIpc) is 2.87. The van der Waals surface area contributed by atoms with Crippen LogP contribution in [0.3, 0.4) is 0 Å². The van der Waals surface area contributed by atoms with Gasteiger partial charge in [-0.1, -0.05) is 0 Å². The first-order valence-corrected chi connectivity index (χ1v) is 5.74. The topological polar surface area (TPSA) is 30.0 Å². The highest BCUT2D eigenvalue weighted by molar-refractivity contribution is 5.83. The van der Waals surface area contributed by atoms with Crippen LogP contribution in [0.4, 0.5) is 0 Å². The molecule has 0 spiro atoms. The van der Waals surface area contributed by atoms with Crippen LogP contribution in [0.2, 0.25) is 0 Å². The molecule has 2 heteroatoms. The molecule has 2 aliphatic rings. The van der Waals surface area contributed by atoms with E-state index in [-0.39, 0.29) is 0 Å². The van der Waals surface area contributed by atoms with E-state index in [0.717, 1.165) is 30.2 Å². The number of ketones is 1. The van der Waals surface area contributed by atoms with Gasteiger partial charge in [0.15, 0.2) is 0 Å². The molecule has 0 saturated heterocycles. The van der Waals surface area contributed by atoms with Crippen LogP contribution in [0.25, 0.3) is 0 Å². The Kier molecular flexibility index (Phi) is 2.08. The molecule has 2 unspecified atom stereocenters. The number of hydrogen-bond donors (Lipinski definition) is 0. The fourth-order valence-electron chi connectivity index (χ4n) is 2.82. The number of carbonyl (C=O) groups excluding carboxylic acids is 1. The summed E-state index contributed by atoms with van der Waals surface area (Å²) < 4.78 is 0. The molecule has 0 radical (unpaired) electrons. The van der Waals surface area contributed by atoms with Crippen molar-refractivity contribution < 1.29 is 4.79 Å². The van der Waals surface area contributed by atoms with E-state index in [2.05, 4.69) is 4.98 Å². The maximum Gasteiger partial charge on any atom is 0.140 e. The van der Waals surface area contributed by atoms with Gasteiger partial charge in [0.2, 0.25) is 0 Å². The van der Waals surface area contributed by atoms with Crippen molar-refractivity contribution in [2.45, 2.75) is 25.7 Å². The maximum absolute atomic E-state index is 12.0. The SMILES string of the molecule is O=C(Cc1ccncc1)C1CC2CC2C1. The second-order valence-corrected chi connectivity index (χ2v) is 4.92. The summed E-state index contributed by atoms with van der Waals surface area (Å²) in [6.07, 6.45) is 7.83. The number of pyridine rings is 1. The lowest BCUT2D eigenvalue weighted by molar-refractivity contribution is -0.122. The van der Waals surface area contributed by atoms with Gasteiger partial charge in [-0.2, -0.15) is 0 Å². The smallest absolute Gasteiger partial charge is 0.140 e. The molecule has 2 atom stereocenters. The van der Waals surface area contributed by atoms with Crippen LogP contribution in [0, 0.1) is 17.8 Å². The summed E-state index contributed by atoms with van der Waals surface area (Å²) in [5, 5.41) is 0. The standard InChI is InChI=1S/C13H15NO/c15-13(5-9-1-3-14-4-2-9)12-7-10-6-11(10)8-12/h1-4,10-12H,5-8H2. The van der Waals surface area contributed by atoms with Gasteiger partial charge >= 0.3 is 0 Å². The number of carbonyl (C=O) groups is 1. The summed E-state index contributed by atoms with van der Waals surface area (Å²) in [5.74, 6) is 2.60. The van der Waals surface area contributed by atoms with Gasteiger partial charge in [0.25, 0.3) is 0 Å².